The highest BCUT2D eigenvalue weighted by Crippen LogP contribution is 2.28. The monoisotopic (exact) mass is 341 g/mol. The second-order valence-corrected chi connectivity index (χ2v) is 6.74. The molecule has 5 nitrogen and oxygen atoms in total. The molecule has 0 aliphatic carbocycles. The van der Waals surface area contributed by atoms with Gasteiger partial charge in [0.1, 0.15) is 5.60 Å². The summed E-state index contributed by atoms with van der Waals surface area (Å²) in [4.78, 5) is 22.1. The fourth-order valence-electron chi connectivity index (χ4n) is 2.25. The maximum absolute atomic E-state index is 12.0. The Kier molecular flexibility index (Phi) is 4.62. The van der Waals surface area contributed by atoms with Crippen molar-refractivity contribution in [3.63, 3.8) is 0 Å². The van der Waals surface area contributed by atoms with Crippen molar-refractivity contribution >= 4 is 22.0 Å². The number of amides is 1. The fraction of sp³-hybridized carbons (Fsp3) is 0.643. The first-order valence-corrected chi connectivity index (χ1v) is 7.60. The van der Waals surface area contributed by atoms with Crippen LogP contribution < -0.4 is 0 Å². The second kappa shape index (κ2) is 6.08. The lowest BCUT2D eigenvalue weighted by Gasteiger charge is -2.33. The summed E-state index contributed by atoms with van der Waals surface area (Å²) in [5.74, 6) is 0.418. The van der Waals surface area contributed by atoms with Crippen LogP contribution >= 0.6 is 15.9 Å². The number of piperidine rings is 1. The maximum atomic E-state index is 12.0. The van der Waals surface area contributed by atoms with Gasteiger partial charge in [-0.05, 0) is 61.0 Å². The standard InChI is InChI=1S/C14H20BrN3O2/c1-14(2,3)20-13(19)18-6-4-10(5-7-18)11-8-16-12(15)17-9-11/h8-10H,4-7H2,1-3H3. The Morgan fingerprint density at radius 3 is 2.35 bits per heavy atom. The molecule has 1 aliphatic heterocycles. The van der Waals surface area contributed by atoms with Crippen LogP contribution in [0, 0.1) is 0 Å². The molecular formula is C14H20BrN3O2. The Bertz CT molecular complexity index is 462. The first kappa shape index (κ1) is 15.2. The molecule has 1 aromatic rings. The Morgan fingerprint density at radius 2 is 1.85 bits per heavy atom. The van der Waals surface area contributed by atoms with Crippen molar-refractivity contribution in [1.82, 2.24) is 14.9 Å². The van der Waals surface area contributed by atoms with Crippen LogP contribution in [0.1, 0.15) is 45.1 Å². The van der Waals surface area contributed by atoms with Crippen LogP contribution in [0.3, 0.4) is 0 Å². The average Bonchev–Trinajstić information content (AvgIpc) is 2.38. The molecule has 0 unspecified atom stereocenters. The van der Waals surface area contributed by atoms with E-state index in [4.69, 9.17) is 4.74 Å². The van der Waals surface area contributed by atoms with Crippen LogP contribution in [0.5, 0.6) is 0 Å². The number of carbonyl (C=O) groups is 1. The van der Waals surface area contributed by atoms with E-state index in [-0.39, 0.29) is 6.09 Å². The van der Waals surface area contributed by atoms with Gasteiger partial charge in [-0.15, -0.1) is 0 Å². The minimum Gasteiger partial charge on any atom is -0.444 e. The summed E-state index contributed by atoms with van der Waals surface area (Å²) in [5, 5.41) is 0. The Hall–Kier alpha value is -1.17. The summed E-state index contributed by atoms with van der Waals surface area (Å²) in [6, 6.07) is 0. The van der Waals surface area contributed by atoms with Crippen molar-refractivity contribution in [2.24, 2.45) is 0 Å². The van der Waals surface area contributed by atoms with Crippen LogP contribution in [0.2, 0.25) is 0 Å². The summed E-state index contributed by atoms with van der Waals surface area (Å²) in [6.07, 6.45) is 5.33. The molecule has 0 N–H and O–H groups in total. The highest BCUT2D eigenvalue weighted by atomic mass is 79.9. The van der Waals surface area contributed by atoms with Gasteiger partial charge < -0.3 is 9.64 Å². The third-order valence-corrected chi connectivity index (χ3v) is 3.67. The van der Waals surface area contributed by atoms with Crippen molar-refractivity contribution in [3.8, 4) is 0 Å². The number of halogens is 1. The molecule has 0 saturated carbocycles. The number of nitrogens with zero attached hydrogens (tertiary/aromatic N) is 3. The SMILES string of the molecule is CC(C)(C)OC(=O)N1CCC(c2cnc(Br)nc2)CC1. The van der Waals surface area contributed by atoms with E-state index in [2.05, 4.69) is 25.9 Å². The van der Waals surface area contributed by atoms with Crippen molar-refractivity contribution < 1.29 is 9.53 Å². The molecule has 0 spiro atoms. The van der Waals surface area contributed by atoms with Crippen LogP contribution in [0.4, 0.5) is 4.79 Å². The average molecular weight is 342 g/mol. The molecule has 110 valence electrons. The van der Waals surface area contributed by atoms with Crippen LogP contribution in [-0.4, -0.2) is 39.7 Å². The fourth-order valence-corrected chi connectivity index (χ4v) is 2.46. The zero-order valence-corrected chi connectivity index (χ0v) is 13.7. The van der Waals surface area contributed by atoms with Gasteiger partial charge in [-0.2, -0.15) is 0 Å². The molecule has 1 amide bonds. The van der Waals surface area contributed by atoms with E-state index in [0.29, 0.717) is 10.7 Å². The molecule has 1 saturated heterocycles. The van der Waals surface area contributed by atoms with Gasteiger partial charge in [0, 0.05) is 25.5 Å². The van der Waals surface area contributed by atoms with E-state index in [0.717, 1.165) is 31.5 Å². The van der Waals surface area contributed by atoms with Crippen molar-refractivity contribution in [2.45, 2.75) is 45.1 Å². The topological polar surface area (TPSA) is 55.3 Å². The van der Waals surface area contributed by atoms with Gasteiger partial charge in [-0.3, -0.25) is 0 Å². The lowest BCUT2D eigenvalue weighted by molar-refractivity contribution is 0.0205. The van der Waals surface area contributed by atoms with Gasteiger partial charge in [-0.1, -0.05) is 0 Å². The summed E-state index contributed by atoms with van der Waals surface area (Å²) in [5.41, 5.74) is 0.699. The maximum Gasteiger partial charge on any atom is 0.410 e. The van der Waals surface area contributed by atoms with E-state index in [1.165, 1.54) is 0 Å². The predicted molar refractivity (Wildman–Crippen MR) is 79.5 cm³/mol. The Labute approximate surface area is 127 Å². The molecule has 1 aromatic heterocycles. The van der Waals surface area contributed by atoms with Gasteiger partial charge in [0.25, 0.3) is 0 Å². The van der Waals surface area contributed by atoms with Crippen LogP contribution in [-0.2, 0) is 4.74 Å². The Balaban J connectivity index is 1.89. The molecule has 2 heterocycles. The van der Waals surface area contributed by atoms with E-state index in [1.807, 2.05) is 33.2 Å². The summed E-state index contributed by atoms with van der Waals surface area (Å²) in [7, 11) is 0. The van der Waals surface area contributed by atoms with E-state index >= 15 is 0 Å². The lowest BCUT2D eigenvalue weighted by atomic mass is 9.91. The minimum absolute atomic E-state index is 0.219. The number of hydrogen-bond donors (Lipinski definition) is 0. The molecule has 0 aromatic carbocycles. The smallest absolute Gasteiger partial charge is 0.410 e. The van der Waals surface area contributed by atoms with Crippen molar-refractivity contribution in [2.75, 3.05) is 13.1 Å². The van der Waals surface area contributed by atoms with E-state index in [1.54, 1.807) is 4.90 Å². The number of aromatic nitrogens is 2. The van der Waals surface area contributed by atoms with Crippen molar-refractivity contribution in [1.29, 1.82) is 0 Å². The number of likely N-dealkylation sites (tertiary alicyclic amines) is 1. The molecular weight excluding hydrogens is 322 g/mol. The number of ether oxygens (including phenoxy) is 1. The number of carbonyl (C=O) groups excluding carboxylic acids is 1. The summed E-state index contributed by atoms with van der Waals surface area (Å²) in [6.45, 7) is 7.09. The lowest BCUT2D eigenvalue weighted by Crippen LogP contribution is -2.41. The third-order valence-electron chi connectivity index (χ3n) is 3.26. The van der Waals surface area contributed by atoms with Crippen LogP contribution in [0.25, 0.3) is 0 Å². The second-order valence-electron chi connectivity index (χ2n) is 6.03. The summed E-state index contributed by atoms with van der Waals surface area (Å²) >= 11 is 3.23. The predicted octanol–water partition coefficient (Wildman–Crippen LogP) is 3.35. The largest absolute Gasteiger partial charge is 0.444 e. The molecule has 0 bridgehead atoms. The highest BCUT2D eigenvalue weighted by molar-refractivity contribution is 9.10. The zero-order valence-electron chi connectivity index (χ0n) is 12.1. The normalized spacial score (nSPS) is 17.1. The highest BCUT2D eigenvalue weighted by Gasteiger charge is 2.27. The van der Waals surface area contributed by atoms with Crippen molar-refractivity contribution in [3.05, 3.63) is 22.7 Å². The quantitative estimate of drug-likeness (QED) is 0.735. The van der Waals surface area contributed by atoms with Crippen LogP contribution in [0.15, 0.2) is 17.1 Å². The first-order chi connectivity index (χ1) is 9.35. The molecule has 0 radical (unpaired) electrons. The zero-order chi connectivity index (χ0) is 14.8. The van der Waals surface area contributed by atoms with Gasteiger partial charge in [0.15, 0.2) is 4.73 Å². The minimum atomic E-state index is -0.437. The molecule has 0 atom stereocenters. The molecule has 1 aliphatic rings. The number of rotatable bonds is 1. The first-order valence-electron chi connectivity index (χ1n) is 6.80. The Morgan fingerprint density at radius 1 is 1.30 bits per heavy atom. The molecule has 2 rings (SSSR count). The molecule has 1 fully saturated rings. The van der Waals surface area contributed by atoms with E-state index in [9.17, 15) is 4.79 Å². The van der Waals surface area contributed by atoms with E-state index < -0.39 is 5.60 Å². The summed E-state index contributed by atoms with van der Waals surface area (Å²) < 4.78 is 5.99. The van der Waals surface area contributed by atoms with Gasteiger partial charge in [0.2, 0.25) is 0 Å². The van der Waals surface area contributed by atoms with Gasteiger partial charge in [0.05, 0.1) is 0 Å². The third kappa shape index (κ3) is 4.16. The van der Waals surface area contributed by atoms with Gasteiger partial charge in [-0.25, -0.2) is 14.8 Å². The van der Waals surface area contributed by atoms with Gasteiger partial charge >= 0.3 is 6.09 Å². The number of hydrogen-bond acceptors (Lipinski definition) is 4. The molecule has 20 heavy (non-hydrogen) atoms. The molecule has 6 heteroatoms.